The molecule has 0 bridgehead atoms. The van der Waals surface area contributed by atoms with Gasteiger partial charge in [0.05, 0.1) is 32.5 Å². The molecule has 3 heterocycles. The molecule has 58 heavy (non-hydrogen) atoms. The number of fused-ring (bicyclic) bond motifs is 2. The molecule has 308 valence electrons. The Kier molecular flexibility index (Phi) is 10.6. The first-order valence-corrected chi connectivity index (χ1v) is 17.8. The van der Waals surface area contributed by atoms with E-state index < -0.39 is 89.9 Å². The van der Waals surface area contributed by atoms with Gasteiger partial charge in [-0.05, 0) is 17.7 Å². The lowest BCUT2D eigenvalue weighted by atomic mass is 9.85. The Balaban J connectivity index is 1.43. The Morgan fingerprint density at radius 2 is 1.38 bits per heavy atom. The molecule has 18 nitrogen and oxygen atoms in total. The zero-order valence-electron chi connectivity index (χ0n) is 31.0. The summed E-state index contributed by atoms with van der Waals surface area (Å²) < 4.78 is 35.0. The van der Waals surface area contributed by atoms with Gasteiger partial charge in [0.25, 0.3) is 0 Å². The molecule has 2 unspecified atom stereocenters. The van der Waals surface area contributed by atoms with Crippen molar-refractivity contribution < 1.29 is 89.4 Å². The second-order valence-corrected chi connectivity index (χ2v) is 14.0. The van der Waals surface area contributed by atoms with Crippen LogP contribution in [0.3, 0.4) is 0 Å². The summed E-state index contributed by atoms with van der Waals surface area (Å²) in [6, 6.07) is 9.75. The molecule has 0 spiro atoms. The molecular weight excluding hydrogens is 768 g/mol. The highest BCUT2D eigenvalue weighted by atomic mass is 16.7. The molecule has 2 aliphatic heterocycles. The second-order valence-electron chi connectivity index (χ2n) is 14.0. The molecular formula is C40H41O18+. The smallest absolute Gasteiger partial charge is 0.402 e. The lowest BCUT2D eigenvalue weighted by molar-refractivity contribution is -0.277. The summed E-state index contributed by atoms with van der Waals surface area (Å²) >= 11 is 0. The van der Waals surface area contributed by atoms with Crippen molar-refractivity contribution in [3.8, 4) is 74.6 Å². The number of aromatic hydroxyl groups is 7. The number of phenolic OH excluding ortho intramolecular Hbond substituents is 7. The van der Waals surface area contributed by atoms with E-state index in [-0.39, 0.29) is 79.7 Å². The number of ether oxygens (including phenoxy) is 5. The van der Waals surface area contributed by atoms with Crippen LogP contribution in [0.4, 0.5) is 0 Å². The van der Waals surface area contributed by atoms with Crippen molar-refractivity contribution in [2.24, 2.45) is 0 Å². The Bertz CT molecular complexity index is 2350. The van der Waals surface area contributed by atoms with Crippen LogP contribution in [0.25, 0.3) is 22.3 Å². The highest BCUT2D eigenvalue weighted by molar-refractivity contribution is 5.92. The number of aliphatic hydroxyl groups excluding tert-OH is 5. The molecule has 1 aromatic heterocycles. The number of benzene rings is 4. The third-order valence-electron chi connectivity index (χ3n) is 10.4. The van der Waals surface area contributed by atoms with Crippen LogP contribution in [0.5, 0.6) is 63.2 Å². The number of methoxy groups -OCH3 is 2. The van der Waals surface area contributed by atoms with Crippen molar-refractivity contribution in [3.63, 3.8) is 0 Å². The first-order valence-electron chi connectivity index (χ1n) is 17.8. The van der Waals surface area contributed by atoms with Crippen molar-refractivity contribution in [2.75, 3.05) is 20.8 Å². The predicted molar refractivity (Wildman–Crippen MR) is 199 cm³/mol. The van der Waals surface area contributed by atoms with E-state index in [2.05, 4.69) is 0 Å². The molecule has 12 N–H and O–H groups in total. The van der Waals surface area contributed by atoms with Gasteiger partial charge in [-0.1, -0.05) is 13.0 Å². The number of hydrogen-bond acceptors (Lipinski definition) is 17. The third-order valence-corrected chi connectivity index (χ3v) is 10.4. The van der Waals surface area contributed by atoms with Crippen LogP contribution in [0.15, 0.2) is 52.9 Å². The molecule has 0 aliphatic carbocycles. The minimum atomic E-state index is -1.87. The van der Waals surface area contributed by atoms with Crippen LogP contribution in [-0.2, 0) is 11.2 Å². The Morgan fingerprint density at radius 3 is 2.02 bits per heavy atom. The van der Waals surface area contributed by atoms with Crippen LogP contribution in [-0.4, -0.2) is 119 Å². The van der Waals surface area contributed by atoms with E-state index in [1.165, 1.54) is 50.6 Å². The van der Waals surface area contributed by atoms with Crippen molar-refractivity contribution in [2.45, 2.75) is 62.2 Å². The molecule has 7 rings (SSSR count). The number of aliphatic hydroxyl groups is 5. The average Bonchev–Trinajstić information content (AvgIpc) is 3.19. The molecule has 18 heteroatoms. The Labute approximate surface area is 328 Å². The number of rotatable bonds is 9. The largest absolute Gasteiger partial charge is 0.507 e. The maximum absolute atomic E-state index is 11.5. The van der Waals surface area contributed by atoms with Gasteiger partial charge in [0.15, 0.2) is 23.0 Å². The van der Waals surface area contributed by atoms with E-state index in [9.17, 15) is 61.3 Å². The molecule has 0 radical (unpaired) electrons. The SMILES string of the molecule is COc1cc(-c2[o+]c3c(C(C)c4c(O)cc(O)c5c4O[C@H](c4ccc(O)c(O)c4)[C@H](O)C5)c(O)cc(O)c3cc2OC2O[C@H](CO)[C@@H](O)[C@H](O)[C@H]2O)cc(OC)c1O. The fraction of sp³-hybridized carbons (Fsp3) is 0.325. The Hall–Kier alpha value is -6.15. The summed E-state index contributed by atoms with van der Waals surface area (Å²) in [6.45, 7) is 0.788. The standard InChI is InChI=1S/C40H40O18/c1-14(30-23(46)11-20(43)17-9-25(48)36(57-38(17)30)15-4-5-19(42)22(45)6-15)31-24(47)12-21(44)18-10-28(55-40-35(52)34(51)33(50)29(13-41)56-40)37(58-39(18)31)16-7-26(53-2)32(49)27(8-16)54-3/h4-8,10-12,14,25,29,33-36,40-41,48,50-52H,9,13H2,1-3H3,(H6-,42,43,44,45,46,47,49)/p+1/t14?,25-,29-,33-,34+,35-,36-,40?/m1/s1. The second kappa shape index (κ2) is 15.3. The Morgan fingerprint density at radius 1 is 0.724 bits per heavy atom. The van der Waals surface area contributed by atoms with Gasteiger partial charge in [-0.3, -0.25) is 0 Å². The fourth-order valence-electron chi connectivity index (χ4n) is 7.40. The van der Waals surface area contributed by atoms with Crippen LogP contribution in [0.2, 0.25) is 0 Å². The summed E-state index contributed by atoms with van der Waals surface area (Å²) in [7, 11) is 2.55. The van der Waals surface area contributed by atoms with Gasteiger partial charge in [0.2, 0.25) is 17.8 Å². The van der Waals surface area contributed by atoms with Crippen LogP contribution in [0, 0.1) is 0 Å². The van der Waals surface area contributed by atoms with Gasteiger partial charge in [-0.15, -0.1) is 0 Å². The quantitative estimate of drug-likeness (QED) is 0.0752. The molecule has 8 atom stereocenters. The van der Waals surface area contributed by atoms with Crippen LogP contribution >= 0.6 is 0 Å². The van der Waals surface area contributed by atoms with Gasteiger partial charge in [0.1, 0.15) is 70.2 Å². The average molecular weight is 810 g/mol. The van der Waals surface area contributed by atoms with Crippen molar-refractivity contribution in [1.82, 2.24) is 0 Å². The van der Waals surface area contributed by atoms with Gasteiger partial charge in [-0.2, -0.15) is 0 Å². The van der Waals surface area contributed by atoms with E-state index in [0.717, 1.165) is 12.1 Å². The monoisotopic (exact) mass is 809 g/mol. The van der Waals surface area contributed by atoms with E-state index in [1.807, 2.05) is 0 Å². The molecule has 5 aromatic rings. The minimum absolute atomic E-state index is 0.00126. The number of phenols is 7. The summed E-state index contributed by atoms with van der Waals surface area (Å²) in [4.78, 5) is 0. The highest BCUT2D eigenvalue weighted by Gasteiger charge is 2.46. The van der Waals surface area contributed by atoms with Crippen LogP contribution < -0.4 is 18.9 Å². The first kappa shape index (κ1) is 40.1. The predicted octanol–water partition coefficient (Wildman–Crippen LogP) is 2.70. The zero-order chi connectivity index (χ0) is 41.9. The maximum Gasteiger partial charge on any atom is 0.402 e. The number of hydrogen-bond donors (Lipinski definition) is 12. The summed E-state index contributed by atoms with van der Waals surface area (Å²) in [5.74, 6) is -5.12. The molecule has 1 saturated heterocycles. The van der Waals surface area contributed by atoms with Crippen molar-refractivity contribution in [1.29, 1.82) is 0 Å². The van der Waals surface area contributed by atoms with Gasteiger partial charge in [-0.25, -0.2) is 4.42 Å². The molecule has 4 aromatic carbocycles. The third kappa shape index (κ3) is 6.74. The van der Waals surface area contributed by atoms with E-state index in [1.54, 1.807) is 6.92 Å². The van der Waals surface area contributed by atoms with E-state index >= 15 is 0 Å². The topological polar surface area (TPSA) is 300 Å². The normalized spacial score (nSPS) is 23.5. The summed E-state index contributed by atoms with van der Waals surface area (Å²) in [5, 5.41) is 128. The molecule has 0 amide bonds. The fourth-order valence-corrected chi connectivity index (χ4v) is 7.40. The minimum Gasteiger partial charge on any atom is -0.507 e. The highest BCUT2D eigenvalue weighted by Crippen LogP contribution is 2.54. The molecule has 0 saturated carbocycles. The zero-order valence-corrected chi connectivity index (χ0v) is 31.0. The van der Waals surface area contributed by atoms with Gasteiger partial charge >= 0.3 is 11.3 Å². The lowest BCUT2D eigenvalue weighted by Gasteiger charge is -2.39. The van der Waals surface area contributed by atoms with Crippen molar-refractivity contribution >= 4 is 11.0 Å². The van der Waals surface area contributed by atoms with Crippen LogP contribution in [0.1, 0.15) is 41.2 Å². The van der Waals surface area contributed by atoms with E-state index in [4.69, 9.17) is 28.1 Å². The molecule has 2 aliphatic rings. The molecule has 1 fully saturated rings. The first-order chi connectivity index (χ1) is 27.6. The van der Waals surface area contributed by atoms with E-state index in [0.29, 0.717) is 0 Å². The van der Waals surface area contributed by atoms with Crippen molar-refractivity contribution in [3.05, 3.63) is 70.8 Å². The summed E-state index contributed by atoms with van der Waals surface area (Å²) in [5.41, 5.74) is 0.189. The lowest BCUT2D eigenvalue weighted by Crippen LogP contribution is -2.60. The van der Waals surface area contributed by atoms with Gasteiger partial charge in [0, 0.05) is 53.8 Å². The van der Waals surface area contributed by atoms with Gasteiger partial charge < -0.3 is 85.0 Å². The maximum atomic E-state index is 11.5. The summed E-state index contributed by atoms with van der Waals surface area (Å²) in [6.07, 6.45) is -11.1.